The zero-order valence-electron chi connectivity index (χ0n) is 37.2. The van der Waals surface area contributed by atoms with E-state index in [1.165, 1.54) is 0 Å². The summed E-state index contributed by atoms with van der Waals surface area (Å²) in [7, 11) is -38.2. The molecule has 6 heterocycles. The van der Waals surface area contributed by atoms with E-state index in [1.807, 2.05) is 237 Å². The van der Waals surface area contributed by atoms with Gasteiger partial charge in [0.05, 0.1) is 0 Å². The smallest absolute Gasteiger partial charge is 0.366 e. The van der Waals surface area contributed by atoms with E-state index in [2.05, 4.69) is 6.58 Å². The lowest BCUT2D eigenvalue weighted by Gasteiger charge is -2.62. The van der Waals surface area contributed by atoms with Crippen molar-refractivity contribution in [3.05, 3.63) is 249 Å². The Morgan fingerprint density at radius 2 is 0.343 bits per heavy atom. The van der Waals surface area contributed by atoms with Gasteiger partial charge in [0.15, 0.2) is 0 Å². The molecule has 0 N–H and O–H groups in total. The number of benzene rings is 8. The predicted octanol–water partition coefficient (Wildman–Crippen LogP) is 3.67. The molecule has 70 heavy (non-hydrogen) atoms. The Labute approximate surface area is 413 Å². The van der Waals surface area contributed by atoms with Crippen LogP contribution in [0, 0.1) is 0 Å². The van der Waals surface area contributed by atoms with Crippen molar-refractivity contribution in [3.8, 4) is 0 Å². The van der Waals surface area contributed by atoms with Crippen LogP contribution in [-0.4, -0.2) is 70.4 Å². The fraction of sp³-hybridized carbons (Fsp3) is 0. The molecule has 8 aromatic carbocycles. The van der Waals surface area contributed by atoms with E-state index in [0.29, 0.717) is 41.5 Å². The monoisotopic (exact) mass is 1060 g/mol. The molecule has 8 bridgehead atoms. The molecule has 0 spiro atoms. The lowest BCUT2D eigenvalue weighted by atomic mass is 10.2. The van der Waals surface area contributed by atoms with Gasteiger partial charge in [0.1, 0.15) is 0 Å². The Morgan fingerprint density at radius 1 is 0.200 bits per heavy atom. The molecule has 12 nitrogen and oxygen atoms in total. The second-order valence-corrected chi connectivity index (χ2v) is 40.4. The zero-order valence-corrected chi connectivity index (χ0v) is 45.2. The summed E-state index contributed by atoms with van der Waals surface area (Å²) in [6, 6.07) is 74.9. The van der Waals surface area contributed by atoms with Crippen LogP contribution >= 0.6 is 0 Å². The first-order valence-electron chi connectivity index (χ1n) is 22.8. The van der Waals surface area contributed by atoms with Crippen LogP contribution in [0.15, 0.2) is 243 Å². The molecule has 0 unspecified atom stereocenters. The lowest BCUT2D eigenvalue weighted by molar-refractivity contribution is -0.00296. The van der Waals surface area contributed by atoms with Gasteiger partial charge in [-0.05, 0) is 5.56 Å². The minimum atomic E-state index is -4.80. The summed E-state index contributed by atoms with van der Waals surface area (Å²) in [6.45, 7) is 4.06. The molecule has 8 aromatic rings. The lowest BCUT2D eigenvalue weighted by Crippen LogP contribution is -2.96. The molecular formula is C50H42O12Si8. The van der Waals surface area contributed by atoms with Crippen molar-refractivity contribution in [2.45, 2.75) is 0 Å². The predicted molar refractivity (Wildman–Crippen MR) is 278 cm³/mol. The first-order valence-corrected chi connectivity index (χ1v) is 36.6. The van der Waals surface area contributed by atoms with E-state index in [-0.39, 0.29) is 0 Å². The van der Waals surface area contributed by atoms with Crippen molar-refractivity contribution in [3.63, 3.8) is 0 Å². The second-order valence-electron chi connectivity index (χ2n) is 17.1. The number of rotatable bonds is 9. The maximum absolute atomic E-state index is 8.15. The first kappa shape index (κ1) is 44.7. The third kappa shape index (κ3) is 7.17. The van der Waals surface area contributed by atoms with Gasteiger partial charge in [0.2, 0.25) is 0 Å². The van der Waals surface area contributed by atoms with E-state index < -0.39 is 70.4 Å². The molecule has 0 saturated carbocycles. The van der Waals surface area contributed by atoms with Gasteiger partial charge in [-0.2, -0.15) is 0 Å². The molecule has 6 aliphatic rings. The van der Waals surface area contributed by atoms with E-state index in [9.17, 15) is 0 Å². The first-order chi connectivity index (χ1) is 34.3. The minimum Gasteiger partial charge on any atom is -0.366 e. The summed E-state index contributed by atoms with van der Waals surface area (Å²) in [6.07, 6.45) is 1.77. The Balaban J connectivity index is 1.25. The summed E-state index contributed by atoms with van der Waals surface area (Å²) < 4.78 is 97.6. The summed E-state index contributed by atoms with van der Waals surface area (Å²) in [5.74, 6) is 0. The highest BCUT2D eigenvalue weighted by Gasteiger charge is 2.86. The van der Waals surface area contributed by atoms with Crippen molar-refractivity contribution in [1.82, 2.24) is 0 Å². The average Bonchev–Trinajstić information content (AvgIpc) is 3.40. The third-order valence-electron chi connectivity index (χ3n) is 12.6. The van der Waals surface area contributed by atoms with Gasteiger partial charge in [0.25, 0.3) is 0 Å². The molecule has 20 heteroatoms. The van der Waals surface area contributed by atoms with Gasteiger partial charge in [-0.15, -0.1) is 0 Å². The van der Waals surface area contributed by atoms with Gasteiger partial charge < -0.3 is 49.4 Å². The Bertz CT molecular complexity index is 2890. The summed E-state index contributed by atoms with van der Waals surface area (Å²) in [4.78, 5) is 0. The molecular weight excluding hydrogens is 1020 g/mol. The quantitative estimate of drug-likeness (QED) is 0.197. The van der Waals surface area contributed by atoms with Crippen LogP contribution < -0.4 is 41.5 Å². The maximum Gasteiger partial charge on any atom is 0.515 e. The topological polar surface area (TPSA) is 111 Å². The molecule has 346 valence electrons. The SMILES string of the molecule is C=Cc1ccc([Si]23O[Si]4(c5ccccc5)O[Si]5(c6ccccc6)O[Si]6(c7ccccc7)O[Si](c7ccccc7)(O4)O[Si](c4ccccc4)(O[Si](c4ccccc4)(O6)O[Si](c4ccccc4)(O5)O2)O3)cc1. The van der Waals surface area contributed by atoms with E-state index in [0.717, 1.165) is 5.56 Å². The second kappa shape index (κ2) is 16.9. The molecule has 0 atom stereocenters. The highest BCUT2D eigenvalue weighted by atomic mass is 28.6. The largest absolute Gasteiger partial charge is 0.515 e. The average molecular weight is 1060 g/mol. The van der Waals surface area contributed by atoms with Crippen LogP contribution in [0.1, 0.15) is 5.56 Å². The van der Waals surface area contributed by atoms with Crippen molar-refractivity contribution in [2.75, 3.05) is 0 Å². The number of hydrogen-bond donors (Lipinski definition) is 0. The normalized spacial score (nSPS) is 33.0. The van der Waals surface area contributed by atoms with Crippen LogP contribution in [0.5, 0.6) is 0 Å². The standard InChI is InChI=1S/C50H42O12Si8/c1-2-42-38-40-50(41-39-42)70-60-67(47-32-18-7-19-33-47)54-64(44-26-12-4-13-27-44)51-63(43-24-10-3-11-25-43)52-65(56-67,45-28-14-5-15-29-45)58-69(62-70,49-36-22-9-23-37-49)59-66(53-63,46-30-16-6-17-31-46)57-68(55-64,61-70)48-34-20-8-21-35-48/h2-41H,1H2. The van der Waals surface area contributed by atoms with Crippen LogP contribution in [-0.2, 0) is 49.4 Å². The molecule has 6 aliphatic heterocycles. The fourth-order valence-electron chi connectivity index (χ4n) is 9.36. The summed E-state index contributed by atoms with van der Waals surface area (Å²) in [5.41, 5.74) is 0.859. The van der Waals surface area contributed by atoms with Crippen molar-refractivity contribution >= 4 is 118 Å². The van der Waals surface area contributed by atoms with Gasteiger partial charge in [-0.1, -0.05) is 249 Å². The maximum atomic E-state index is 8.15. The van der Waals surface area contributed by atoms with Crippen molar-refractivity contribution in [2.24, 2.45) is 0 Å². The molecule has 0 radical (unpaired) electrons. The van der Waals surface area contributed by atoms with Crippen LogP contribution in [0.2, 0.25) is 0 Å². The van der Waals surface area contributed by atoms with E-state index in [1.54, 1.807) is 6.08 Å². The van der Waals surface area contributed by atoms with Crippen LogP contribution in [0.25, 0.3) is 6.08 Å². The van der Waals surface area contributed by atoms with Gasteiger partial charge in [0, 0.05) is 41.5 Å². The Kier molecular flexibility index (Phi) is 10.8. The van der Waals surface area contributed by atoms with Crippen LogP contribution in [0.3, 0.4) is 0 Å². The third-order valence-corrected chi connectivity index (χ3v) is 46.7. The highest BCUT2D eigenvalue weighted by Crippen LogP contribution is 2.48. The Morgan fingerprint density at radius 3 is 0.486 bits per heavy atom. The van der Waals surface area contributed by atoms with E-state index in [4.69, 9.17) is 49.4 Å². The molecule has 14 rings (SSSR count). The number of hydrogen-bond acceptors (Lipinski definition) is 12. The van der Waals surface area contributed by atoms with Crippen molar-refractivity contribution in [1.29, 1.82) is 0 Å². The summed E-state index contributed by atoms with van der Waals surface area (Å²) in [5, 5.41) is 4.47. The Hall–Kier alpha value is -5.24. The van der Waals surface area contributed by atoms with Crippen LogP contribution in [0.4, 0.5) is 0 Å². The molecule has 0 aromatic heterocycles. The van der Waals surface area contributed by atoms with Gasteiger partial charge in [-0.25, -0.2) is 0 Å². The molecule has 0 aliphatic carbocycles. The van der Waals surface area contributed by atoms with Gasteiger partial charge in [-0.3, -0.25) is 0 Å². The van der Waals surface area contributed by atoms with E-state index >= 15 is 0 Å². The molecule has 0 amide bonds. The minimum absolute atomic E-state index is 0.541. The highest BCUT2D eigenvalue weighted by molar-refractivity contribution is 7.14. The molecule has 6 saturated heterocycles. The molecule has 6 fully saturated rings. The zero-order chi connectivity index (χ0) is 47.0. The fourth-order valence-corrected chi connectivity index (χ4v) is 55.4. The van der Waals surface area contributed by atoms with Gasteiger partial charge >= 0.3 is 70.4 Å². The summed E-state index contributed by atoms with van der Waals surface area (Å²) >= 11 is 0. The van der Waals surface area contributed by atoms with Crippen molar-refractivity contribution < 1.29 is 49.4 Å².